The summed E-state index contributed by atoms with van der Waals surface area (Å²) in [6, 6.07) is 23.7. The van der Waals surface area contributed by atoms with Crippen molar-refractivity contribution in [1.82, 2.24) is 4.90 Å². The molecule has 0 unspecified atom stereocenters. The molecule has 3 aromatic carbocycles. The van der Waals surface area contributed by atoms with E-state index in [-0.39, 0.29) is 24.0 Å². The van der Waals surface area contributed by atoms with Crippen molar-refractivity contribution in [2.75, 3.05) is 11.9 Å². The highest BCUT2D eigenvalue weighted by molar-refractivity contribution is 8.18. The van der Waals surface area contributed by atoms with Crippen LogP contribution in [-0.4, -0.2) is 43.1 Å². The number of para-hydroxylation sites is 1. The van der Waals surface area contributed by atoms with Crippen LogP contribution in [-0.2, 0) is 26.2 Å². The Morgan fingerprint density at radius 1 is 1.02 bits per heavy atom. The summed E-state index contributed by atoms with van der Waals surface area (Å²) in [5.41, 5.74) is 2.92. The molecular formula is C31H27N5O6S2. The number of hydrogen-bond donors (Lipinski definition) is 2. The lowest BCUT2D eigenvalue weighted by atomic mass is 10.1. The highest BCUT2D eigenvalue weighted by atomic mass is 32.2. The van der Waals surface area contributed by atoms with E-state index in [0.717, 1.165) is 11.1 Å². The largest absolute Gasteiger partial charge is 0.483 e. The third kappa shape index (κ3) is 7.69. The molecule has 3 N–H and O–H groups in total. The summed E-state index contributed by atoms with van der Waals surface area (Å²) in [6.07, 6.45) is 4.86. The molecule has 2 heterocycles. The first kappa shape index (κ1) is 30.5. The van der Waals surface area contributed by atoms with Gasteiger partial charge in [0.05, 0.1) is 28.8 Å². The lowest BCUT2D eigenvalue weighted by Crippen LogP contribution is -2.28. The predicted molar refractivity (Wildman–Crippen MR) is 169 cm³/mol. The molecule has 0 spiro atoms. The van der Waals surface area contributed by atoms with Gasteiger partial charge in [-0.3, -0.25) is 14.5 Å². The van der Waals surface area contributed by atoms with Crippen LogP contribution in [0.25, 0.3) is 6.08 Å². The minimum absolute atomic E-state index is 0.0675. The Morgan fingerprint density at radius 3 is 2.45 bits per heavy atom. The molecule has 13 heteroatoms. The molecule has 1 saturated heterocycles. The van der Waals surface area contributed by atoms with E-state index in [1.165, 1.54) is 47.2 Å². The van der Waals surface area contributed by atoms with E-state index in [2.05, 4.69) is 15.5 Å². The van der Waals surface area contributed by atoms with Crippen molar-refractivity contribution >= 4 is 56.7 Å². The number of thioether (sulfide) groups is 1. The summed E-state index contributed by atoms with van der Waals surface area (Å²) in [4.78, 5) is 27.9. The fourth-order valence-corrected chi connectivity index (χ4v) is 5.53. The molecule has 0 aliphatic carbocycles. The van der Waals surface area contributed by atoms with Gasteiger partial charge in [0.25, 0.3) is 11.8 Å². The van der Waals surface area contributed by atoms with Gasteiger partial charge < -0.3 is 14.5 Å². The van der Waals surface area contributed by atoms with E-state index in [1.807, 2.05) is 31.2 Å². The van der Waals surface area contributed by atoms with Gasteiger partial charge in [-0.15, -0.1) is 5.10 Å². The molecule has 44 heavy (non-hydrogen) atoms. The van der Waals surface area contributed by atoms with Crippen molar-refractivity contribution in [3.63, 3.8) is 0 Å². The highest BCUT2D eigenvalue weighted by Gasteiger charge is 2.34. The number of nitrogens with two attached hydrogens (primary N) is 1. The van der Waals surface area contributed by atoms with Gasteiger partial charge in [0.2, 0.25) is 10.0 Å². The maximum Gasteiger partial charge on any atom is 0.267 e. The van der Waals surface area contributed by atoms with Crippen molar-refractivity contribution in [3.05, 3.63) is 119 Å². The van der Waals surface area contributed by atoms with Crippen molar-refractivity contribution in [2.24, 2.45) is 15.3 Å². The number of nitrogens with zero attached hydrogens (tertiary/aromatic N) is 3. The number of rotatable bonds is 10. The van der Waals surface area contributed by atoms with Crippen LogP contribution in [0, 0.1) is 6.92 Å². The summed E-state index contributed by atoms with van der Waals surface area (Å²) in [5.74, 6) is 0.220. The Bertz CT molecular complexity index is 1870. The van der Waals surface area contributed by atoms with Gasteiger partial charge in [-0.05, 0) is 78.4 Å². The lowest BCUT2D eigenvalue weighted by Gasteiger charge is -2.12. The summed E-state index contributed by atoms with van der Waals surface area (Å²) >= 11 is 1.17. The van der Waals surface area contributed by atoms with E-state index in [4.69, 9.17) is 14.3 Å². The fraction of sp³-hybridized carbons (Fsp3) is 0.0968. The topological polar surface area (TPSA) is 157 Å². The van der Waals surface area contributed by atoms with Crippen LogP contribution in [0.5, 0.6) is 5.75 Å². The van der Waals surface area contributed by atoms with Gasteiger partial charge in [-0.25, -0.2) is 13.6 Å². The molecule has 2 amide bonds. The van der Waals surface area contributed by atoms with Gasteiger partial charge in [0, 0.05) is 11.3 Å². The number of aryl methyl sites for hydroxylation is 1. The first-order valence-corrected chi connectivity index (χ1v) is 15.6. The number of benzene rings is 3. The van der Waals surface area contributed by atoms with Crippen LogP contribution in [0.15, 0.2) is 116 Å². The third-order valence-electron chi connectivity index (χ3n) is 6.34. The number of hydrogen-bond acceptors (Lipinski definition) is 9. The Labute approximate surface area is 258 Å². The number of primary sulfonamides is 1. The molecule has 1 aliphatic rings. The minimum Gasteiger partial charge on any atom is -0.483 e. The second-order valence-corrected chi connectivity index (χ2v) is 12.1. The van der Waals surface area contributed by atoms with Crippen LogP contribution >= 0.6 is 11.8 Å². The maximum absolute atomic E-state index is 13.5. The molecule has 1 fully saturated rings. The van der Waals surface area contributed by atoms with Gasteiger partial charge >= 0.3 is 0 Å². The summed E-state index contributed by atoms with van der Waals surface area (Å²) in [7, 11) is -3.84. The number of ether oxygens (including phenoxy) is 1. The van der Waals surface area contributed by atoms with Gasteiger partial charge in [0.1, 0.15) is 11.5 Å². The average molecular weight is 630 g/mol. The SMILES string of the molecule is Cc1ccccc1/C=N/N=C1\S/C(=C\c2ccccc2OCC(=O)Nc2ccc(S(N)(=O)=O)cc2)C(=O)N1Cc1ccco1. The van der Waals surface area contributed by atoms with E-state index < -0.39 is 15.9 Å². The second kappa shape index (κ2) is 13.5. The van der Waals surface area contributed by atoms with Crippen LogP contribution < -0.4 is 15.2 Å². The third-order valence-corrected chi connectivity index (χ3v) is 8.27. The molecule has 0 bridgehead atoms. The quantitative estimate of drug-likeness (QED) is 0.146. The summed E-state index contributed by atoms with van der Waals surface area (Å²) in [6.45, 7) is 1.82. The normalized spacial score (nSPS) is 15.4. The Balaban J connectivity index is 1.32. The Kier molecular flexibility index (Phi) is 9.38. The maximum atomic E-state index is 13.5. The number of anilines is 1. The lowest BCUT2D eigenvalue weighted by molar-refractivity contribution is -0.122. The van der Waals surface area contributed by atoms with E-state index in [1.54, 1.807) is 48.7 Å². The predicted octanol–water partition coefficient (Wildman–Crippen LogP) is 4.76. The molecule has 4 aromatic rings. The van der Waals surface area contributed by atoms with Crippen LogP contribution in [0.2, 0.25) is 0 Å². The van der Waals surface area contributed by atoms with Crippen LogP contribution in [0.1, 0.15) is 22.5 Å². The molecule has 0 radical (unpaired) electrons. The number of carbonyl (C=O) groups excluding carboxylic acids is 2. The molecule has 5 rings (SSSR count). The molecule has 0 saturated carbocycles. The second-order valence-electron chi connectivity index (χ2n) is 9.51. The zero-order valence-corrected chi connectivity index (χ0v) is 25.0. The molecule has 0 atom stereocenters. The monoisotopic (exact) mass is 629 g/mol. The fourth-order valence-electron chi connectivity index (χ4n) is 4.09. The number of sulfonamides is 1. The molecular weight excluding hydrogens is 603 g/mol. The van der Waals surface area contributed by atoms with Gasteiger partial charge in [-0.2, -0.15) is 5.10 Å². The van der Waals surface area contributed by atoms with E-state index in [9.17, 15) is 18.0 Å². The van der Waals surface area contributed by atoms with Crippen molar-refractivity contribution in [1.29, 1.82) is 0 Å². The van der Waals surface area contributed by atoms with E-state index >= 15 is 0 Å². The van der Waals surface area contributed by atoms with Crippen molar-refractivity contribution in [2.45, 2.75) is 18.4 Å². The van der Waals surface area contributed by atoms with Gasteiger partial charge in [0.15, 0.2) is 11.8 Å². The molecule has 224 valence electrons. The molecule has 1 aliphatic heterocycles. The Morgan fingerprint density at radius 2 is 1.75 bits per heavy atom. The standard InChI is InChI=1S/C31H27N5O6S2/c1-21-7-2-3-9-23(21)18-33-35-31-36(19-25-10-6-16-41-25)30(38)28(43-31)17-22-8-4-5-11-27(22)42-20-29(37)34-24-12-14-26(15-13-24)44(32,39)40/h2-18H,19-20H2,1H3,(H,34,37)(H2,32,39,40)/b28-17-,33-18+,35-31-. The van der Waals surface area contributed by atoms with E-state index in [0.29, 0.717) is 32.8 Å². The zero-order chi connectivity index (χ0) is 31.1. The average Bonchev–Trinajstić information content (AvgIpc) is 3.62. The first-order chi connectivity index (χ1) is 21.2. The minimum atomic E-state index is -3.84. The molecule has 11 nitrogen and oxygen atoms in total. The van der Waals surface area contributed by atoms with Crippen LogP contribution in [0.3, 0.4) is 0 Å². The van der Waals surface area contributed by atoms with Crippen molar-refractivity contribution < 1.29 is 27.2 Å². The first-order valence-electron chi connectivity index (χ1n) is 13.2. The summed E-state index contributed by atoms with van der Waals surface area (Å²) < 4.78 is 34.1. The highest BCUT2D eigenvalue weighted by Crippen LogP contribution is 2.35. The zero-order valence-electron chi connectivity index (χ0n) is 23.4. The number of furan rings is 1. The van der Waals surface area contributed by atoms with Gasteiger partial charge in [-0.1, -0.05) is 42.5 Å². The number of carbonyl (C=O) groups is 2. The summed E-state index contributed by atoms with van der Waals surface area (Å²) in [5, 5.41) is 16.7. The Hall–Kier alpha value is -4.98. The van der Waals surface area contributed by atoms with Crippen molar-refractivity contribution in [3.8, 4) is 5.75 Å². The van der Waals surface area contributed by atoms with Crippen LogP contribution in [0.4, 0.5) is 5.69 Å². The smallest absolute Gasteiger partial charge is 0.267 e. The number of amides is 2. The molecule has 1 aromatic heterocycles. The number of nitrogens with one attached hydrogen (secondary N) is 1. The number of amidine groups is 1.